The Morgan fingerprint density at radius 2 is 1.66 bits per heavy atom. The number of nitrogens with zero attached hydrogens (tertiary/aromatic N) is 3. The van der Waals surface area contributed by atoms with Gasteiger partial charge in [0.2, 0.25) is 0 Å². The number of hydrogen-bond donors (Lipinski definition) is 3. The lowest BCUT2D eigenvalue weighted by atomic mass is 10.1. The van der Waals surface area contributed by atoms with E-state index < -0.39 is 11.8 Å². The van der Waals surface area contributed by atoms with Gasteiger partial charge in [0.15, 0.2) is 5.16 Å². The second kappa shape index (κ2) is 9.82. The van der Waals surface area contributed by atoms with Gasteiger partial charge in [-0.25, -0.2) is 9.97 Å². The summed E-state index contributed by atoms with van der Waals surface area (Å²) < 4.78 is 1.19. The first-order chi connectivity index (χ1) is 17.1. The molecule has 0 saturated carbocycles. The van der Waals surface area contributed by atoms with Crippen molar-refractivity contribution < 1.29 is 9.59 Å². The maximum Gasteiger partial charge on any atom is 0.269 e. The first-order valence-electron chi connectivity index (χ1n) is 10.8. The zero-order valence-electron chi connectivity index (χ0n) is 18.4. The van der Waals surface area contributed by atoms with Gasteiger partial charge < -0.3 is 4.98 Å². The third-order valence-corrected chi connectivity index (χ3v) is 6.26. The Morgan fingerprint density at radius 1 is 0.914 bits per heavy atom. The van der Waals surface area contributed by atoms with E-state index in [-0.39, 0.29) is 12.1 Å². The van der Waals surface area contributed by atoms with E-state index in [9.17, 15) is 14.4 Å². The number of para-hydroxylation sites is 3. The molecule has 0 spiro atoms. The van der Waals surface area contributed by atoms with Gasteiger partial charge in [0, 0.05) is 11.3 Å². The number of fused-ring (bicyclic) bond motifs is 2. The molecule has 0 aliphatic carbocycles. The molecule has 35 heavy (non-hydrogen) atoms. The van der Waals surface area contributed by atoms with E-state index in [1.165, 1.54) is 10.9 Å². The molecule has 2 amide bonds. The van der Waals surface area contributed by atoms with Crippen LogP contribution in [0, 0.1) is 0 Å². The first kappa shape index (κ1) is 22.4. The molecule has 5 aromatic rings. The van der Waals surface area contributed by atoms with Crippen molar-refractivity contribution in [2.24, 2.45) is 0 Å². The topological polar surface area (TPSA) is 122 Å². The van der Waals surface area contributed by atoms with E-state index in [2.05, 4.69) is 25.8 Å². The van der Waals surface area contributed by atoms with Crippen LogP contribution in [-0.4, -0.2) is 31.3 Å². The van der Waals surface area contributed by atoms with E-state index in [1.54, 1.807) is 48.2 Å². The van der Waals surface area contributed by atoms with Gasteiger partial charge in [-0.3, -0.25) is 29.8 Å². The summed E-state index contributed by atoms with van der Waals surface area (Å²) in [5, 5.41) is 1.25. The molecule has 0 aliphatic heterocycles. The number of imidazole rings is 1. The number of benzene rings is 3. The highest BCUT2D eigenvalue weighted by Crippen LogP contribution is 2.23. The van der Waals surface area contributed by atoms with Crippen molar-refractivity contribution in [2.75, 3.05) is 0 Å². The number of carbonyl (C=O) groups excluding carboxylic acids is 2. The van der Waals surface area contributed by atoms with Crippen molar-refractivity contribution in [2.45, 2.75) is 17.5 Å². The van der Waals surface area contributed by atoms with Crippen molar-refractivity contribution in [3.05, 3.63) is 101 Å². The van der Waals surface area contributed by atoms with Crippen LogP contribution in [0.25, 0.3) is 21.9 Å². The SMILES string of the molecule is O=C(Cn1cnc2ccccc2c1=O)NNC(=O)c1ccc(CSc2nc3ccccc3[nH]2)cc1. The van der Waals surface area contributed by atoms with Gasteiger partial charge in [-0.05, 0) is 42.0 Å². The van der Waals surface area contributed by atoms with E-state index in [0.717, 1.165) is 21.8 Å². The number of amides is 2. The average Bonchev–Trinajstić information content (AvgIpc) is 3.31. The lowest BCUT2D eigenvalue weighted by Crippen LogP contribution is -2.44. The molecule has 0 unspecified atom stereocenters. The molecule has 3 N–H and O–H groups in total. The number of carbonyl (C=O) groups is 2. The number of rotatable bonds is 6. The van der Waals surface area contributed by atoms with E-state index in [1.807, 2.05) is 36.4 Å². The van der Waals surface area contributed by atoms with Crippen molar-refractivity contribution in [1.29, 1.82) is 0 Å². The maximum atomic E-state index is 12.5. The van der Waals surface area contributed by atoms with Crippen LogP contribution < -0.4 is 16.4 Å². The molecule has 3 aromatic carbocycles. The van der Waals surface area contributed by atoms with Gasteiger partial charge >= 0.3 is 0 Å². The van der Waals surface area contributed by atoms with E-state index in [0.29, 0.717) is 22.2 Å². The fraction of sp³-hybridized carbons (Fsp3) is 0.0800. The van der Waals surface area contributed by atoms with Crippen LogP contribution in [0.1, 0.15) is 15.9 Å². The quantitative estimate of drug-likeness (QED) is 0.252. The lowest BCUT2D eigenvalue weighted by Gasteiger charge is -2.09. The summed E-state index contributed by atoms with van der Waals surface area (Å²) >= 11 is 1.57. The highest BCUT2D eigenvalue weighted by atomic mass is 32.2. The van der Waals surface area contributed by atoms with Gasteiger partial charge in [0.25, 0.3) is 17.4 Å². The molecular weight excluding hydrogens is 464 g/mol. The molecule has 174 valence electrons. The number of nitrogens with one attached hydrogen (secondary N) is 3. The molecule has 0 radical (unpaired) electrons. The molecule has 9 nitrogen and oxygen atoms in total. The summed E-state index contributed by atoms with van der Waals surface area (Å²) in [6.07, 6.45) is 1.31. The van der Waals surface area contributed by atoms with Crippen molar-refractivity contribution in [3.63, 3.8) is 0 Å². The van der Waals surface area contributed by atoms with Crippen LogP contribution in [0.5, 0.6) is 0 Å². The summed E-state index contributed by atoms with van der Waals surface area (Å²) in [7, 11) is 0. The highest BCUT2D eigenvalue weighted by Gasteiger charge is 2.11. The minimum Gasteiger partial charge on any atom is -0.333 e. The minimum absolute atomic E-state index is 0.269. The molecule has 2 heterocycles. The van der Waals surface area contributed by atoms with Crippen molar-refractivity contribution in [1.82, 2.24) is 30.4 Å². The summed E-state index contributed by atoms with van der Waals surface area (Å²) in [6, 6.07) is 21.8. The maximum absolute atomic E-state index is 12.5. The second-order valence-electron chi connectivity index (χ2n) is 7.74. The van der Waals surface area contributed by atoms with Crippen LogP contribution in [0.3, 0.4) is 0 Å². The third kappa shape index (κ3) is 5.07. The van der Waals surface area contributed by atoms with Crippen LogP contribution >= 0.6 is 11.8 Å². The normalized spacial score (nSPS) is 11.0. The number of H-pyrrole nitrogens is 1. The Kier molecular flexibility index (Phi) is 6.27. The van der Waals surface area contributed by atoms with Crippen molar-refractivity contribution in [3.8, 4) is 0 Å². The standard InChI is InChI=1S/C25H20N6O3S/c32-22(13-31-15-26-19-6-2-1-5-18(19)24(31)34)29-30-23(33)17-11-9-16(10-12-17)14-35-25-27-20-7-3-4-8-21(20)28-25/h1-12,15H,13-14H2,(H,27,28)(H,29,32)(H,30,33). The number of aromatic amines is 1. The molecule has 5 rings (SSSR count). The fourth-order valence-electron chi connectivity index (χ4n) is 3.51. The van der Waals surface area contributed by atoms with Gasteiger partial charge in [0.05, 0.1) is 28.3 Å². The molecule has 2 aromatic heterocycles. The predicted octanol–water partition coefficient (Wildman–Crippen LogP) is 3.03. The molecule has 0 fully saturated rings. The van der Waals surface area contributed by atoms with Gasteiger partial charge in [-0.1, -0.05) is 48.2 Å². The number of aromatic nitrogens is 4. The highest BCUT2D eigenvalue weighted by molar-refractivity contribution is 7.98. The Bertz CT molecular complexity index is 1560. The van der Waals surface area contributed by atoms with E-state index >= 15 is 0 Å². The Balaban J connectivity index is 1.14. The monoisotopic (exact) mass is 484 g/mol. The number of thioether (sulfide) groups is 1. The van der Waals surface area contributed by atoms with Crippen LogP contribution in [0.2, 0.25) is 0 Å². The summed E-state index contributed by atoms with van der Waals surface area (Å²) in [4.78, 5) is 49.1. The molecule has 0 bridgehead atoms. The van der Waals surface area contributed by atoms with Gasteiger partial charge in [-0.2, -0.15) is 0 Å². The number of hydrazine groups is 1. The largest absolute Gasteiger partial charge is 0.333 e. The summed E-state index contributed by atoms with van der Waals surface area (Å²) in [5.74, 6) is -0.317. The average molecular weight is 485 g/mol. The fourth-order valence-corrected chi connectivity index (χ4v) is 4.35. The molecular formula is C25H20N6O3S. The Morgan fingerprint density at radius 3 is 2.46 bits per heavy atom. The molecule has 0 saturated heterocycles. The van der Waals surface area contributed by atoms with E-state index in [4.69, 9.17) is 0 Å². The Hall–Kier alpha value is -4.44. The number of hydrogen-bond acceptors (Lipinski definition) is 6. The van der Waals surface area contributed by atoms with Crippen LogP contribution in [-0.2, 0) is 17.1 Å². The molecule has 10 heteroatoms. The Labute approximate surface area is 203 Å². The third-order valence-electron chi connectivity index (χ3n) is 5.32. The van der Waals surface area contributed by atoms with Gasteiger partial charge in [0.1, 0.15) is 6.54 Å². The molecule has 0 aliphatic rings. The summed E-state index contributed by atoms with van der Waals surface area (Å²) in [6.45, 7) is -0.269. The smallest absolute Gasteiger partial charge is 0.269 e. The first-order valence-corrected chi connectivity index (χ1v) is 11.8. The minimum atomic E-state index is -0.545. The van der Waals surface area contributed by atoms with Crippen LogP contribution in [0.15, 0.2) is 89.1 Å². The lowest BCUT2D eigenvalue weighted by molar-refractivity contribution is -0.122. The zero-order valence-corrected chi connectivity index (χ0v) is 19.2. The van der Waals surface area contributed by atoms with Gasteiger partial charge in [-0.15, -0.1) is 0 Å². The van der Waals surface area contributed by atoms with Crippen LogP contribution in [0.4, 0.5) is 0 Å². The molecule has 0 atom stereocenters. The van der Waals surface area contributed by atoms with Crippen molar-refractivity contribution >= 4 is 45.5 Å². The zero-order chi connectivity index (χ0) is 24.2. The second-order valence-corrected chi connectivity index (χ2v) is 8.71. The predicted molar refractivity (Wildman–Crippen MR) is 134 cm³/mol. The summed E-state index contributed by atoms with van der Waals surface area (Å²) in [5.41, 5.74) is 8.28.